The SMILES string of the molecule is CN(C)c1noc(CSc2nnc(N)n2C)n1. The van der Waals surface area contributed by atoms with Gasteiger partial charge in [0.15, 0.2) is 5.16 Å². The maximum atomic E-state index is 5.57. The van der Waals surface area contributed by atoms with Crippen LogP contribution in [0, 0.1) is 0 Å². The number of nitrogen functional groups attached to an aromatic ring is 1. The Hall–Kier alpha value is -1.77. The van der Waals surface area contributed by atoms with Gasteiger partial charge < -0.3 is 15.2 Å². The van der Waals surface area contributed by atoms with E-state index in [-0.39, 0.29) is 0 Å². The predicted molar refractivity (Wildman–Crippen MR) is 63.6 cm³/mol. The molecule has 9 heteroatoms. The first kappa shape index (κ1) is 11.7. The summed E-state index contributed by atoms with van der Waals surface area (Å²) in [5, 5.41) is 12.2. The molecular formula is C8H13N7OS. The van der Waals surface area contributed by atoms with Gasteiger partial charge in [0.25, 0.3) is 5.95 Å². The summed E-state index contributed by atoms with van der Waals surface area (Å²) in [5.74, 6) is 2.01. The quantitative estimate of drug-likeness (QED) is 0.770. The molecular weight excluding hydrogens is 242 g/mol. The van der Waals surface area contributed by atoms with Gasteiger partial charge in [0.2, 0.25) is 11.8 Å². The molecule has 0 atom stereocenters. The van der Waals surface area contributed by atoms with Crippen LogP contribution in [0.4, 0.5) is 11.9 Å². The van der Waals surface area contributed by atoms with Crippen molar-refractivity contribution in [1.29, 1.82) is 0 Å². The molecule has 0 unspecified atom stereocenters. The molecule has 2 aromatic rings. The van der Waals surface area contributed by atoms with E-state index in [2.05, 4.69) is 20.3 Å². The van der Waals surface area contributed by atoms with Gasteiger partial charge in [0.1, 0.15) is 0 Å². The Morgan fingerprint density at radius 3 is 2.71 bits per heavy atom. The van der Waals surface area contributed by atoms with Crippen LogP contribution in [0.25, 0.3) is 0 Å². The van der Waals surface area contributed by atoms with Crippen LogP contribution >= 0.6 is 11.8 Å². The fourth-order valence-electron chi connectivity index (χ4n) is 1.06. The van der Waals surface area contributed by atoms with Crippen LogP contribution in [0.3, 0.4) is 0 Å². The monoisotopic (exact) mass is 255 g/mol. The molecule has 2 rings (SSSR count). The summed E-state index contributed by atoms with van der Waals surface area (Å²) >= 11 is 1.44. The summed E-state index contributed by atoms with van der Waals surface area (Å²) in [6, 6.07) is 0. The zero-order chi connectivity index (χ0) is 12.4. The summed E-state index contributed by atoms with van der Waals surface area (Å²) in [7, 11) is 5.51. The van der Waals surface area contributed by atoms with E-state index >= 15 is 0 Å². The maximum absolute atomic E-state index is 5.57. The van der Waals surface area contributed by atoms with Crippen molar-refractivity contribution in [3.8, 4) is 0 Å². The molecule has 0 aromatic carbocycles. The molecule has 0 bridgehead atoms. The van der Waals surface area contributed by atoms with Crippen LogP contribution in [0.1, 0.15) is 5.89 Å². The van der Waals surface area contributed by atoms with Crippen LogP contribution < -0.4 is 10.6 Å². The topological polar surface area (TPSA) is 98.9 Å². The molecule has 0 radical (unpaired) electrons. The first-order valence-corrected chi connectivity index (χ1v) is 5.84. The summed E-state index contributed by atoms with van der Waals surface area (Å²) in [4.78, 5) is 5.98. The average Bonchev–Trinajstić information content (AvgIpc) is 2.86. The lowest BCUT2D eigenvalue weighted by Crippen LogP contribution is -2.10. The second kappa shape index (κ2) is 4.62. The highest BCUT2D eigenvalue weighted by Gasteiger charge is 2.11. The van der Waals surface area contributed by atoms with Gasteiger partial charge in [-0.05, 0) is 5.16 Å². The number of nitrogens with two attached hydrogens (primary N) is 1. The first-order valence-electron chi connectivity index (χ1n) is 4.85. The van der Waals surface area contributed by atoms with E-state index in [9.17, 15) is 0 Å². The number of hydrogen-bond acceptors (Lipinski definition) is 8. The fourth-order valence-corrected chi connectivity index (χ4v) is 1.82. The lowest BCUT2D eigenvalue weighted by molar-refractivity contribution is 0.390. The minimum atomic E-state index is 0.381. The number of hydrogen-bond donors (Lipinski definition) is 1. The maximum Gasteiger partial charge on any atom is 0.265 e. The molecule has 0 saturated heterocycles. The van der Waals surface area contributed by atoms with Crippen LogP contribution in [-0.4, -0.2) is 39.0 Å². The average molecular weight is 255 g/mol. The third kappa shape index (κ3) is 2.49. The van der Waals surface area contributed by atoms with Gasteiger partial charge >= 0.3 is 0 Å². The number of anilines is 2. The van der Waals surface area contributed by atoms with Crippen LogP contribution in [0.15, 0.2) is 9.68 Å². The smallest absolute Gasteiger partial charge is 0.265 e. The third-order valence-electron chi connectivity index (χ3n) is 2.05. The Morgan fingerprint density at radius 1 is 1.41 bits per heavy atom. The molecule has 0 spiro atoms. The van der Waals surface area contributed by atoms with Crippen molar-refractivity contribution in [2.45, 2.75) is 10.9 Å². The van der Waals surface area contributed by atoms with Gasteiger partial charge in [-0.15, -0.1) is 10.2 Å². The zero-order valence-electron chi connectivity index (χ0n) is 9.78. The molecule has 8 nitrogen and oxygen atoms in total. The molecule has 0 amide bonds. The van der Waals surface area contributed by atoms with Crippen molar-refractivity contribution in [3.05, 3.63) is 5.89 Å². The van der Waals surface area contributed by atoms with E-state index in [0.29, 0.717) is 28.7 Å². The van der Waals surface area contributed by atoms with E-state index in [1.54, 1.807) is 16.5 Å². The second-order valence-corrected chi connectivity index (χ2v) is 4.51. The number of nitrogens with zero attached hydrogens (tertiary/aromatic N) is 6. The lowest BCUT2D eigenvalue weighted by Gasteiger charge is -2.02. The van der Waals surface area contributed by atoms with E-state index in [1.165, 1.54) is 11.8 Å². The number of thioether (sulfide) groups is 1. The van der Waals surface area contributed by atoms with E-state index in [1.807, 2.05) is 14.1 Å². The summed E-state index contributed by atoms with van der Waals surface area (Å²) in [6.07, 6.45) is 0. The van der Waals surface area contributed by atoms with Crippen molar-refractivity contribution < 1.29 is 4.52 Å². The summed E-state index contributed by atoms with van der Waals surface area (Å²) < 4.78 is 6.78. The molecule has 0 aliphatic carbocycles. The molecule has 92 valence electrons. The standard InChI is InChI=1S/C8H13N7OS/c1-14(2)7-10-5(16-13-7)4-17-8-12-11-6(9)15(8)3/h4H2,1-3H3,(H2,9,11). The van der Waals surface area contributed by atoms with Crippen LogP contribution in [0.2, 0.25) is 0 Å². The molecule has 2 aromatic heterocycles. The molecule has 0 fully saturated rings. The predicted octanol–water partition coefficient (Wildman–Crippen LogP) is 0.139. The van der Waals surface area contributed by atoms with E-state index < -0.39 is 0 Å². The van der Waals surface area contributed by atoms with Gasteiger partial charge in [-0.25, -0.2) is 0 Å². The van der Waals surface area contributed by atoms with Crippen LogP contribution in [0.5, 0.6) is 0 Å². The van der Waals surface area contributed by atoms with Gasteiger partial charge in [0.05, 0.1) is 5.75 Å². The van der Waals surface area contributed by atoms with Crippen molar-refractivity contribution >= 4 is 23.7 Å². The summed E-state index contributed by atoms with van der Waals surface area (Å²) in [6.45, 7) is 0. The Kier molecular flexibility index (Phi) is 3.18. The van der Waals surface area contributed by atoms with Crippen LogP contribution in [-0.2, 0) is 12.8 Å². The highest BCUT2D eigenvalue weighted by atomic mass is 32.2. The van der Waals surface area contributed by atoms with E-state index in [0.717, 1.165) is 0 Å². The zero-order valence-corrected chi connectivity index (χ0v) is 10.6. The van der Waals surface area contributed by atoms with Gasteiger partial charge in [-0.3, -0.25) is 4.57 Å². The van der Waals surface area contributed by atoms with Crippen molar-refractivity contribution in [2.24, 2.45) is 7.05 Å². The Morgan fingerprint density at radius 2 is 2.18 bits per heavy atom. The van der Waals surface area contributed by atoms with Gasteiger partial charge in [-0.2, -0.15) is 4.98 Å². The minimum Gasteiger partial charge on any atom is -0.368 e. The molecule has 0 aliphatic rings. The van der Waals surface area contributed by atoms with Gasteiger partial charge in [0, 0.05) is 21.1 Å². The molecule has 2 heterocycles. The molecule has 2 N–H and O–H groups in total. The first-order chi connectivity index (χ1) is 8.08. The number of rotatable bonds is 4. The fraction of sp³-hybridized carbons (Fsp3) is 0.500. The van der Waals surface area contributed by atoms with E-state index in [4.69, 9.17) is 10.3 Å². The normalized spacial score (nSPS) is 10.8. The Bertz CT molecular complexity index is 506. The van der Waals surface area contributed by atoms with Crippen molar-refractivity contribution in [1.82, 2.24) is 24.9 Å². The second-order valence-electron chi connectivity index (χ2n) is 3.57. The van der Waals surface area contributed by atoms with Gasteiger partial charge in [-0.1, -0.05) is 11.8 Å². The lowest BCUT2D eigenvalue weighted by atomic mass is 10.7. The van der Waals surface area contributed by atoms with Crippen molar-refractivity contribution in [2.75, 3.05) is 24.7 Å². The Balaban J connectivity index is 2.00. The highest BCUT2D eigenvalue weighted by Crippen LogP contribution is 2.21. The molecule has 0 aliphatic heterocycles. The molecule has 0 saturated carbocycles. The largest absolute Gasteiger partial charge is 0.368 e. The van der Waals surface area contributed by atoms with Crippen molar-refractivity contribution in [3.63, 3.8) is 0 Å². The highest BCUT2D eigenvalue weighted by molar-refractivity contribution is 7.98. The summed E-state index contributed by atoms with van der Waals surface area (Å²) in [5.41, 5.74) is 5.57. The number of aromatic nitrogens is 5. The third-order valence-corrected chi connectivity index (χ3v) is 3.06. The Labute approximate surface area is 102 Å². The molecule has 17 heavy (non-hydrogen) atoms. The minimum absolute atomic E-state index is 0.381.